The largest absolute Gasteiger partial charge is 0.499 e. The molecule has 4 aromatic rings. The summed E-state index contributed by atoms with van der Waals surface area (Å²) in [6, 6.07) is 16.8. The Bertz CT molecular complexity index is 1800. The van der Waals surface area contributed by atoms with Crippen LogP contribution in [0.2, 0.25) is 5.02 Å². The number of rotatable bonds is 9. The van der Waals surface area contributed by atoms with Gasteiger partial charge in [0, 0.05) is 17.0 Å². The molecule has 0 radical (unpaired) electrons. The molecular formula is C31H25ClF5N5O4S. The standard InChI is InChI=1S/C31H25ClF5N5O4S/c1-18(2)24-12-7-21(32)15-25(24)42-26(43)16-47-28(42)39-29(44)45-14-13-19-3-5-20(6-4-19)27-38-17-41(40-27)22-8-10-23(11-9-22)46-31(36,37)30(33,34)35/h3-12,15,17-18H,13-14,16H2,1-2H3. The van der Waals surface area contributed by atoms with Crippen LogP contribution in [0.4, 0.5) is 32.4 Å². The minimum absolute atomic E-state index is 0.0312. The molecule has 1 aliphatic heterocycles. The second-order valence-corrected chi connectivity index (χ2v) is 11.8. The fraction of sp³-hybridized carbons (Fsp3) is 0.258. The van der Waals surface area contributed by atoms with Crippen molar-refractivity contribution >= 4 is 46.2 Å². The Morgan fingerprint density at radius 2 is 1.74 bits per heavy atom. The van der Waals surface area contributed by atoms with Gasteiger partial charge in [0.15, 0.2) is 11.0 Å². The molecule has 0 unspecified atom stereocenters. The first-order chi connectivity index (χ1) is 22.2. The Labute approximate surface area is 274 Å². The summed E-state index contributed by atoms with van der Waals surface area (Å²) in [7, 11) is 0. The van der Waals surface area contributed by atoms with Gasteiger partial charge in [-0.1, -0.05) is 67.5 Å². The number of halogens is 6. The smallest absolute Gasteiger partial charge is 0.448 e. The minimum Gasteiger partial charge on any atom is -0.448 e. The van der Waals surface area contributed by atoms with Gasteiger partial charge in [-0.2, -0.15) is 26.9 Å². The van der Waals surface area contributed by atoms with Gasteiger partial charge in [-0.05, 0) is 53.4 Å². The summed E-state index contributed by atoms with van der Waals surface area (Å²) >= 11 is 7.34. The third-order valence-corrected chi connectivity index (χ3v) is 7.96. The van der Waals surface area contributed by atoms with Crippen molar-refractivity contribution in [3.8, 4) is 22.8 Å². The Morgan fingerprint density at radius 3 is 2.40 bits per heavy atom. The van der Waals surface area contributed by atoms with Gasteiger partial charge in [0.05, 0.1) is 23.7 Å². The zero-order valence-electron chi connectivity index (χ0n) is 24.7. The van der Waals surface area contributed by atoms with E-state index in [9.17, 15) is 31.5 Å². The lowest BCUT2D eigenvalue weighted by Gasteiger charge is -2.21. The number of anilines is 1. The molecule has 1 fully saturated rings. The molecule has 0 atom stereocenters. The molecule has 2 amide bonds. The topological polar surface area (TPSA) is 98.9 Å². The highest BCUT2D eigenvalue weighted by atomic mass is 35.5. The zero-order valence-corrected chi connectivity index (χ0v) is 26.2. The minimum atomic E-state index is -5.85. The van der Waals surface area contributed by atoms with Gasteiger partial charge in [-0.3, -0.25) is 9.69 Å². The van der Waals surface area contributed by atoms with Gasteiger partial charge in [-0.25, -0.2) is 14.5 Å². The van der Waals surface area contributed by atoms with Crippen LogP contribution in [0.1, 0.15) is 30.9 Å². The van der Waals surface area contributed by atoms with Crippen molar-refractivity contribution in [3.05, 3.63) is 89.2 Å². The Morgan fingerprint density at radius 1 is 1.04 bits per heavy atom. The van der Waals surface area contributed by atoms with E-state index in [1.807, 2.05) is 19.9 Å². The fourth-order valence-electron chi connectivity index (χ4n) is 4.46. The fourth-order valence-corrected chi connectivity index (χ4v) is 5.48. The number of aliphatic imine (C=N–C) groups is 1. The summed E-state index contributed by atoms with van der Waals surface area (Å²) < 4.78 is 73.9. The predicted molar refractivity (Wildman–Crippen MR) is 166 cm³/mol. The Kier molecular flexibility index (Phi) is 9.86. The second-order valence-electron chi connectivity index (χ2n) is 10.5. The predicted octanol–water partition coefficient (Wildman–Crippen LogP) is 8.06. The average molecular weight is 694 g/mol. The van der Waals surface area contributed by atoms with E-state index in [-0.39, 0.29) is 29.4 Å². The van der Waals surface area contributed by atoms with E-state index < -0.39 is 24.1 Å². The Hall–Kier alpha value is -4.50. The van der Waals surface area contributed by atoms with Crippen LogP contribution < -0.4 is 9.64 Å². The van der Waals surface area contributed by atoms with Crippen molar-refractivity contribution in [2.75, 3.05) is 17.3 Å². The molecule has 0 bridgehead atoms. The van der Waals surface area contributed by atoms with Crippen molar-refractivity contribution in [1.82, 2.24) is 14.8 Å². The molecular weight excluding hydrogens is 669 g/mol. The quantitative estimate of drug-likeness (QED) is 0.164. The number of hydrogen-bond donors (Lipinski definition) is 0. The number of benzene rings is 3. The van der Waals surface area contributed by atoms with Crippen LogP contribution in [0, 0.1) is 0 Å². The number of thioether (sulfide) groups is 1. The van der Waals surface area contributed by atoms with E-state index in [4.69, 9.17) is 16.3 Å². The van der Waals surface area contributed by atoms with Gasteiger partial charge in [0.1, 0.15) is 12.1 Å². The number of ether oxygens (including phenoxy) is 2. The van der Waals surface area contributed by atoms with Crippen molar-refractivity contribution < 1.29 is 41.0 Å². The first-order valence-corrected chi connectivity index (χ1v) is 15.3. The lowest BCUT2D eigenvalue weighted by atomic mass is 10.0. The van der Waals surface area contributed by atoms with E-state index in [1.54, 1.807) is 36.4 Å². The number of carbonyl (C=O) groups excluding carboxylic acids is 2. The molecule has 0 saturated carbocycles. The maximum atomic E-state index is 13.1. The molecule has 1 saturated heterocycles. The zero-order chi connectivity index (χ0) is 33.9. The van der Waals surface area contributed by atoms with E-state index >= 15 is 0 Å². The molecule has 0 N–H and O–H groups in total. The molecule has 9 nitrogen and oxygen atoms in total. The molecule has 5 rings (SSSR count). The van der Waals surface area contributed by atoms with Crippen LogP contribution in [0.3, 0.4) is 0 Å². The third-order valence-electron chi connectivity index (χ3n) is 6.81. The number of aromatic nitrogens is 3. The molecule has 1 aliphatic rings. The highest BCUT2D eigenvalue weighted by Gasteiger charge is 2.61. The number of amidine groups is 1. The SMILES string of the molecule is CC(C)c1ccc(Cl)cc1N1C(=O)CSC1=NC(=O)OCCc1ccc(-c2ncn(-c3ccc(OC(F)(F)C(F)(F)F)cc3)n2)cc1. The summed E-state index contributed by atoms with van der Waals surface area (Å²) in [5, 5.41) is 4.99. The molecule has 246 valence electrons. The first-order valence-electron chi connectivity index (χ1n) is 14.0. The van der Waals surface area contributed by atoms with Crippen LogP contribution in [-0.4, -0.2) is 56.6 Å². The summed E-state index contributed by atoms with van der Waals surface area (Å²) in [6.45, 7) is 4.01. The van der Waals surface area contributed by atoms with Crippen LogP contribution in [0.15, 0.2) is 78.0 Å². The lowest BCUT2D eigenvalue weighted by Crippen LogP contribution is -2.41. The van der Waals surface area contributed by atoms with E-state index in [2.05, 4.69) is 19.8 Å². The van der Waals surface area contributed by atoms with E-state index in [0.29, 0.717) is 34.2 Å². The number of carbonyl (C=O) groups is 2. The summed E-state index contributed by atoms with van der Waals surface area (Å²) in [5.74, 6) is -0.329. The van der Waals surface area contributed by atoms with Gasteiger partial charge < -0.3 is 9.47 Å². The van der Waals surface area contributed by atoms with Gasteiger partial charge in [0.2, 0.25) is 5.91 Å². The average Bonchev–Trinajstić information content (AvgIpc) is 3.64. The maximum Gasteiger partial charge on any atom is 0.499 e. The summed E-state index contributed by atoms with van der Waals surface area (Å²) in [5.41, 5.74) is 3.30. The molecule has 3 aromatic carbocycles. The first kappa shape index (κ1) is 33.9. The van der Waals surface area contributed by atoms with Gasteiger partial charge >= 0.3 is 18.4 Å². The molecule has 0 spiro atoms. The highest BCUT2D eigenvalue weighted by Crippen LogP contribution is 2.38. The molecule has 0 aliphatic carbocycles. The van der Waals surface area contributed by atoms with Gasteiger partial charge in [0.25, 0.3) is 0 Å². The molecule has 16 heteroatoms. The van der Waals surface area contributed by atoms with Crippen LogP contribution in [0.25, 0.3) is 17.1 Å². The molecule has 47 heavy (non-hydrogen) atoms. The van der Waals surface area contributed by atoms with Crippen LogP contribution >= 0.6 is 23.4 Å². The number of hydrogen-bond acceptors (Lipinski definition) is 7. The van der Waals surface area contributed by atoms with Gasteiger partial charge in [-0.15, -0.1) is 5.10 Å². The Balaban J connectivity index is 1.17. The lowest BCUT2D eigenvalue weighted by molar-refractivity contribution is -0.360. The molecule has 2 heterocycles. The number of amides is 2. The second kappa shape index (κ2) is 13.7. The summed E-state index contributed by atoms with van der Waals surface area (Å²) in [4.78, 5) is 34.9. The van der Waals surface area contributed by atoms with E-state index in [1.165, 1.54) is 28.0 Å². The third kappa shape index (κ3) is 7.91. The molecule has 1 aromatic heterocycles. The van der Waals surface area contributed by atoms with Crippen molar-refractivity contribution in [2.24, 2.45) is 4.99 Å². The van der Waals surface area contributed by atoms with Crippen molar-refractivity contribution in [2.45, 2.75) is 38.5 Å². The normalized spacial score (nSPS) is 14.7. The van der Waals surface area contributed by atoms with Crippen molar-refractivity contribution in [3.63, 3.8) is 0 Å². The number of alkyl halides is 5. The number of nitrogens with zero attached hydrogens (tertiary/aromatic N) is 5. The van der Waals surface area contributed by atoms with E-state index in [0.717, 1.165) is 35.0 Å². The highest BCUT2D eigenvalue weighted by molar-refractivity contribution is 8.15. The summed E-state index contributed by atoms with van der Waals surface area (Å²) in [6.07, 6.45) is -10.3. The van der Waals surface area contributed by atoms with Crippen LogP contribution in [0.5, 0.6) is 5.75 Å². The maximum absolute atomic E-state index is 13.1. The van der Waals surface area contributed by atoms with Crippen LogP contribution in [-0.2, 0) is 16.0 Å². The monoisotopic (exact) mass is 693 g/mol. The van der Waals surface area contributed by atoms with Crippen molar-refractivity contribution in [1.29, 1.82) is 0 Å².